The van der Waals surface area contributed by atoms with Crippen molar-refractivity contribution in [3.8, 4) is 0 Å². The molecule has 0 aliphatic carbocycles. The van der Waals surface area contributed by atoms with Gasteiger partial charge in [0, 0.05) is 0 Å². The van der Waals surface area contributed by atoms with Crippen molar-refractivity contribution in [2.45, 2.75) is 12.8 Å². The van der Waals surface area contributed by atoms with E-state index in [1.807, 2.05) is 0 Å². The van der Waals surface area contributed by atoms with Gasteiger partial charge in [-0.15, -0.1) is 0 Å². The van der Waals surface area contributed by atoms with Gasteiger partial charge < -0.3 is 0 Å². The van der Waals surface area contributed by atoms with Crippen molar-refractivity contribution >= 4 is 23.3 Å². The normalized spacial score (nSPS) is 24.5. The predicted molar refractivity (Wildman–Crippen MR) is 38.3 cm³/mol. The van der Waals surface area contributed by atoms with Crippen LogP contribution in [0.25, 0.3) is 0 Å². The summed E-state index contributed by atoms with van der Waals surface area (Å²) < 4.78 is 20.9. The van der Waals surface area contributed by atoms with E-state index < -0.39 is 9.84 Å². The summed E-state index contributed by atoms with van der Waals surface area (Å²) in [6, 6.07) is 0. The first-order chi connectivity index (χ1) is 3.21. The molecule has 1 aliphatic rings. The molecule has 1 heterocycles. The highest BCUT2D eigenvalue weighted by atomic mass is 32.2. The molecule has 0 amide bonds. The minimum absolute atomic E-state index is 0. The van der Waals surface area contributed by atoms with Crippen molar-refractivity contribution in [2.24, 2.45) is 0 Å². The van der Waals surface area contributed by atoms with Crippen LogP contribution in [0.2, 0.25) is 0 Å². The van der Waals surface area contributed by atoms with E-state index in [-0.39, 0.29) is 13.5 Å². The molecule has 1 rings (SSSR count). The molecule has 0 bridgehead atoms. The SMILES string of the molecule is O=S1(=O)CCCC1.S. The Balaban J connectivity index is 0.000000490. The van der Waals surface area contributed by atoms with Crippen LogP contribution in [0.3, 0.4) is 0 Å². The van der Waals surface area contributed by atoms with Gasteiger partial charge in [0.15, 0.2) is 0 Å². The molecule has 50 valence electrons. The zero-order valence-electron chi connectivity index (χ0n) is 4.55. The van der Waals surface area contributed by atoms with Gasteiger partial charge in [0.1, 0.15) is 9.84 Å². The first-order valence-corrected chi connectivity index (χ1v) is 4.23. The lowest BCUT2D eigenvalue weighted by molar-refractivity contribution is 0.602. The molecule has 2 nitrogen and oxygen atoms in total. The van der Waals surface area contributed by atoms with Crippen LogP contribution in [0.4, 0.5) is 0 Å². The van der Waals surface area contributed by atoms with Gasteiger partial charge in [0.25, 0.3) is 0 Å². The van der Waals surface area contributed by atoms with Gasteiger partial charge in [0.05, 0.1) is 11.5 Å². The van der Waals surface area contributed by atoms with E-state index in [1.165, 1.54) is 0 Å². The zero-order chi connectivity index (χ0) is 5.33. The monoisotopic (exact) mass is 154 g/mol. The van der Waals surface area contributed by atoms with Crippen molar-refractivity contribution in [3.05, 3.63) is 0 Å². The lowest BCUT2D eigenvalue weighted by atomic mass is 10.4. The maximum absolute atomic E-state index is 10.4. The van der Waals surface area contributed by atoms with Crippen molar-refractivity contribution in [3.63, 3.8) is 0 Å². The summed E-state index contributed by atoms with van der Waals surface area (Å²) in [7, 11) is -2.55. The average molecular weight is 154 g/mol. The fraction of sp³-hybridized carbons (Fsp3) is 1.00. The lowest BCUT2D eigenvalue weighted by Crippen LogP contribution is -1.98. The third-order valence-electron chi connectivity index (χ3n) is 1.16. The topological polar surface area (TPSA) is 34.1 Å². The molecule has 1 aliphatic heterocycles. The number of hydrogen-bond donors (Lipinski definition) is 0. The van der Waals surface area contributed by atoms with E-state index in [0.717, 1.165) is 12.8 Å². The van der Waals surface area contributed by atoms with Crippen molar-refractivity contribution in [1.82, 2.24) is 0 Å². The Labute approximate surface area is 56.6 Å². The summed E-state index contributed by atoms with van der Waals surface area (Å²) >= 11 is 0. The predicted octanol–water partition coefficient (Wildman–Crippen LogP) is 0.308. The highest BCUT2D eigenvalue weighted by Crippen LogP contribution is 2.08. The molecule has 1 fully saturated rings. The van der Waals surface area contributed by atoms with Crippen molar-refractivity contribution in [1.29, 1.82) is 0 Å². The van der Waals surface area contributed by atoms with Gasteiger partial charge in [-0.3, -0.25) is 0 Å². The minimum atomic E-state index is -2.55. The molecule has 0 aromatic rings. The highest BCUT2D eigenvalue weighted by molar-refractivity contribution is 7.91. The van der Waals surface area contributed by atoms with Gasteiger partial charge in [-0.05, 0) is 12.8 Å². The second-order valence-electron chi connectivity index (χ2n) is 1.86. The van der Waals surface area contributed by atoms with Crippen LogP contribution in [0, 0.1) is 0 Å². The standard InChI is InChI=1S/C4H8O2S.H2S/c5-7(6)3-1-2-4-7;/h1-4H2;1H2. The van der Waals surface area contributed by atoms with Gasteiger partial charge in [-0.1, -0.05) is 0 Å². The van der Waals surface area contributed by atoms with Crippen LogP contribution in [0.5, 0.6) is 0 Å². The fourth-order valence-corrected chi connectivity index (χ4v) is 2.24. The Kier molecular flexibility index (Phi) is 2.83. The molecule has 1 saturated heterocycles. The Morgan fingerprint density at radius 2 is 1.38 bits per heavy atom. The van der Waals surface area contributed by atoms with E-state index in [4.69, 9.17) is 0 Å². The molecular weight excluding hydrogens is 144 g/mol. The molecule has 0 aromatic heterocycles. The largest absolute Gasteiger partial charge is 0.229 e. The third kappa shape index (κ3) is 2.05. The third-order valence-corrected chi connectivity index (χ3v) is 2.98. The van der Waals surface area contributed by atoms with Crippen LogP contribution < -0.4 is 0 Å². The zero-order valence-corrected chi connectivity index (χ0v) is 6.37. The molecule has 0 radical (unpaired) electrons. The average Bonchev–Trinajstić information content (AvgIpc) is 1.84. The van der Waals surface area contributed by atoms with Crippen LogP contribution in [0.1, 0.15) is 12.8 Å². The second-order valence-corrected chi connectivity index (χ2v) is 4.16. The second kappa shape index (κ2) is 2.73. The molecule has 0 spiro atoms. The summed E-state index contributed by atoms with van der Waals surface area (Å²) in [5, 5.41) is 0. The number of hydrogen-bond acceptors (Lipinski definition) is 2. The summed E-state index contributed by atoms with van der Waals surface area (Å²) in [5.74, 6) is 0.847. The molecule has 0 unspecified atom stereocenters. The van der Waals surface area contributed by atoms with Crippen molar-refractivity contribution < 1.29 is 8.42 Å². The molecular formula is C4H10O2S2. The van der Waals surface area contributed by atoms with Gasteiger partial charge in [-0.25, -0.2) is 8.42 Å². The van der Waals surface area contributed by atoms with Crippen LogP contribution >= 0.6 is 13.5 Å². The van der Waals surface area contributed by atoms with E-state index in [2.05, 4.69) is 0 Å². The first-order valence-electron chi connectivity index (χ1n) is 2.41. The summed E-state index contributed by atoms with van der Waals surface area (Å²) in [6.45, 7) is 0. The number of sulfone groups is 1. The van der Waals surface area contributed by atoms with Crippen LogP contribution in [-0.2, 0) is 9.84 Å². The Morgan fingerprint density at radius 3 is 1.50 bits per heavy atom. The molecule has 8 heavy (non-hydrogen) atoms. The molecule has 0 aromatic carbocycles. The van der Waals surface area contributed by atoms with Gasteiger partial charge >= 0.3 is 0 Å². The smallest absolute Gasteiger partial charge is 0.150 e. The van der Waals surface area contributed by atoms with Crippen LogP contribution in [-0.4, -0.2) is 19.9 Å². The van der Waals surface area contributed by atoms with Crippen molar-refractivity contribution in [2.75, 3.05) is 11.5 Å². The summed E-state index contributed by atoms with van der Waals surface area (Å²) in [6.07, 6.45) is 1.75. The minimum Gasteiger partial charge on any atom is -0.229 e. The van der Waals surface area contributed by atoms with E-state index in [9.17, 15) is 8.42 Å². The fourth-order valence-electron chi connectivity index (χ4n) is 0.746. The summed E-state index contributed by atoms with van der Waals surface area (Å²) in [5.41, 5.74) is 0. The molecule has 0 N–H and O–H groups in total. The number of rotatable bonds is 0. The Bertz CT molecular complexity index is 135. The maximum atomic E-state index is 10.4. The quantitative estimate of drug-likeness (QED) is 0.503. The van der Waals surface area contributed by atoms with E-state index >= 15 is 0 Å². The van der Waals surface area contributed by atoms with E-state index in [1.54, 1.807) is 0 Å². The van der Waals surface area contributed by atoms with Crippen LogP contribution in [0.15, 0.2) is 0 Å². The van der Waals surface area contributed by atoms with Gasteiger partial charge in [-0.2, -0.15) is 13.5 Å². The first kappa shape index (κ1) is 8.30. The van der Waals surface area contributed by atoms with E-state index in [0.29, 0.717) is 11.5 Å². The summed E-state index contributed by atoms with van der Waals surface area (Å²) in [4.78, 5) is 0. The lowest BCUT2D eigenvalue weighted by Gasteiger charge is -1.81. The Hall–Kier alpha value is 0.300. The molecule has 0 atom stereocenters. The van der Waals surface area contributed by atoms with Gasteiger partial charge in [0.2, 0.25) is 0 Å². The highest BCUT2D eigenvalue weighted by Gasteiger charge is 2.16. The maximum Gasteiger partial charge on any atom is 0.150 e. The Morgan fingerprint density at radius 1 is 1.00 bits per heavy atom. The molecule has 4 heteroatoms. The molecule has 0 saturated carbocycles.